The number of benzene rings is 1. The molecule has 1 heterocycles. The molecule has 0 unspecified atom stereocenters. The molecule has 1 saturated heterocycles. The van der Waals surface area contributed by atoms with E-state index in [1.807, 2.05) is 18.2 Å². The van der Waals surface area contributed by atoms with E-state index in [0.29, 0.717) is 31.2 Å². The Labute approximate surface area is 184 Å². The highest BCUT2D eigenvalue weighted by atomic mass is 28.4. The van der Waals surface area contributed by atoms with Crippen LogP contribution in [0.25, 0.3) is 0 Å². The van der Waals surface area contributed by atoms with Crippen LogP contribution in [0.4, 0.5) is 0 Å². The highest BCUT2D eigenvalue weighted by molar-refractivity contribution is 6.74. The maximum absolute atomic E-state index is 6.87. The molecule has 0 spiro atoms. The summed E-state index contributed by atoms with van der Waals surface area (Å²) in [5.74, 6) is 2.37. The lowest BCUT2D eigenvalue weighted by Crippen LogP contribution is -2.48. The fourth-order valence-corrected chi connectivity index (χ4v) is 4.90. The van der Waals surface area contributed by atoms with Gasteiger partial charge in [0.15, 0.2) is 8.32 Å². The van der Waals surface area contributed by atoms with Gasteiger partial charge >= 0.3 is 0 Å². The first-order valence-corrected chi connectivity index (χ1v) is 14.0. The second kappa shape index (κ2) is 10.5. The minimum Gasteiger partial charge on any atom is -0.497 e. The van der Waals surface area contributed by atoms with Crippen molar-refractivity contribution >= 4 is 8.32 Å². The molecule has 0 aliphatic carbocycles. The largest absolute Gasteiger partial charge is 0.497 e. The number of ether oxygens (including phenoxy) is 4. The molecule has 0 bridgehead atoms. The van der Waals surface area contributed by atoms with Crippen LogP contribution in [-0.4, -0.2) is 48.0 Å². The predicted molar refractivity (Wildman–Crippen MR) is 124 cm³/mol. The van der Waals surface area contributed by atoms with Gasteiger partial charge in [0.1, 0.15) is 11.5 Å². The van der Waals surface area contributed by atoms with Crippen LogP contribution in [0.3, 0.4) is 0 Å². The van der Waals surface area contributed by atoms with Gasteiger partial charge in [-0.05, 0) is 42.6 Å². The summed E-state index contributed by atoms with van der Waals surface area (Å²) in [4.78, 5) is 0. The Bertz CT molecular complexity index is 666. The third-order valence-electron chi connectivity index (χ3n) is 6.73. The maximum Gasteiger partial charge on any atom is 0.192 e. The Kier molecular flexibility index (Phi) is 8.80. The van der Waals surface area contributed by atoms with E-state index in [0.717, 1.165) is 30.1 Å². The molecule has 2 rings (SSSR count). The summed E-state index contributed by atoms with van der Waals surface area (Å²) in [6, 6.07) is 5.82. The highest BCUT2D eigenvalue weighted by Crippen LogP contribution is 2.41. The summed E-state index contributed by atoms with van der Waals surface area (Å²) < 4.78 is 29.2. The first-order valence-electron chi connectivity index (χ1n) is 11.1. The summed E-state index contributed by atoms with van der Waals surface area (Å²) in [6.07, 6.45) is 1.48. The van der Waals surface area contributed by atoms with E-state index in [1.165, 1.54) is 0 Å². The van der Waals surface area contributed by atoms with Crippen LogP contribution < -0.4 is 9.47 Å². The van der Waals surface area contributed by atoms with Gasteiger partial charge in [0.25, 0.3) is 0 Å². The SMILES string of the molecule is COc1ccc(COCC[C@@H](C)[C@@H](O[Si](C)(C)C(C)(C)C)[C@H](C)[C@@H]2CO2)c(OC)c1. The number of hydrogen-bond acceptors (Lipinski definition) is 5. The molecule has 0 N–H and O–H groups in total. The monoisotopic (exact) mass is 438 g/mol. The summed E-state index contributed by atoms with van der Waals surface area (Å²) in [7, 11) is 1.47. The van der Waals surface area contributed by atoms with Gasteiger partial charge in [0.05, 0.1) is 39.6 Å². The zero-order valence-corrected chi connectivity index (χ0v) is 21.4. The zero-order chi connectivity index (χ0) is 22.5. The fourth-order valence-electron chi connectivity index (χ4n) is 3.42. The fraction of sp³-hybridized carbons (Fsp3) is 0.750. The van der Waals surface area contributed by atoms with E-state index in [-0.39, 0.29) is 11.1 Å². The van der Waals surface area contributed by atoms with E-state index in [2.05, 4.69) is 47.7 Å². The Morgan fingerprint density at radius 1 is 1.13 bits per heavy atom. The van der Waals surface area contributed by atoms with Crippen LogP contribution in [-0.2, 0) is 20.5 Å². The van der Waals surface area contributed by atoms with Gasteiger partial charge in [0.2, 0.25) is 0 Å². The van der Waals surface area contributed by atoms with E-state index < -0.39 is 8.32 Å². The molecule has 1 aliphatic heterocycles. The van der Waals surface area contributed by atoms with E-state index >= 15 is 0 Å². The Morgan fingerprint density at radius 2 is 1.80 bits per heavy atom. The van der Waals surface area contributed by atoms with E-state index in [9.17, 15) is 0 Å². The minimum atomic E-state index is -1.86. The highest BCUT2D eigenvalue weighted by Gasteiger charge is 2.44. The van der Waals surface area contributed by atoms with Crippen molar-refractivity contribution in [2.45, 2.75) is 78.0 Å². The Morgan fingerprint density at radius 3 is 2.33 bits per heavy atom. The van der Waals surface area contributed by atoms with Gasteiger partial charge in [-0.15, -0.1) is 0 Å². The van der Waals surface area contributed by atoms with Crippen molar-refractivity contribution in [3.8, 4) is 11.5 Å². The molecule has 1 aliphatic rings. The molecule has 6 heteroatoms. The van der Waals surface area contributed by atoms with Crippen LogP contribution in [0.1, 0.15) is 46.6 Å². The quantitative estimate of drug-likeness (QED) is 0.239. The maximum atomic E-state index is 6.87. The molecule has 1 aromatic rings. The molecule has 4 atom stereocenters. The van der Waals surface area contributed by atoms with Gasteiger partial charge < -0.3 is 23.4 Å². The van der Waals surface area contributed by atoms with Crippen molar-refractivity contribution in [3.05, 3.63) is 23.8 Å². The van der Waals surface area contributed by atoms with E-state index in [1.54, 1.807) is 14.2 Å². The summed E-state index contributed by atoms with van der Waals surface area (Å²) in [5.41, 5.74) is 1.03. The Balaban J connectivity index is 1.93. The van der Waals surface area contributed by atoms with Crippen molar-refractivity contribution < 1.29 is 23.4 Å². The van der Waals surface area contributed by atoms with Crippen molar-refractivity contribution in [2.24, 2.45) is 11.8 Å². The molecule has 172 valence electrons. The number of methoxy groups -OCH3 is 2. The first-order chi connectivity index (χ1) is 14.0. The zero-order valence-electron chi connectivity index (χ0n) is 20.4. The summed E-state index contributed by atoms with van der Waals surface area (Å²) in [6.45, 7) is 18.2. The van der Waals surface area contributed by atoms with Gasteiger partial charge in [-0.25, -0.2) is 0 Å². The second-order valence-electron chi connectivity index (χ2n) is 10.1. The third-order valence-corrected chi connectivity index (χ3v) is 11.2. The average Bonchev–Trinajstić information content (AvgIpc) is 3.53. The van der Waals surface area contributed by atoms with Crippen molar-refractivity contribution in [2.75, 3.05) is 27.4 Å². The smallest absolute Gasteiger partial charge is 0.192 e. The lowest BCUT2D eigenvalue weighted by molar-refractivity contribution is 0.0359. The van der Waals surface area contributed by atoms with Crippen molar-refractivity contribution in [3.63, 3.8) is 0 Å². The van der Waals surface area contributed by atoms with E-state index in [4.69, 9.17) is 23.4 Å². The molecular weight excluding hydrogens is 396 g/mol. The minimum absolute atomic E-state index is 0.191. The average molecular weight is 439 g/mol. The summed E-state index contributed by atoms with van der Waals surface area (Å²) in [5, 5.41) is 0.191. The standard InChI is InChI=1S/C24H42O5Si/c1-17(12-13-27-15-19-10-11-20(25-6)14-21(19)26-7)23(18(2)22-16-28-22)29-30(8,9)24(3,4)5/h10-11,14,17-18,22-23H,12-13,15-16H2,1-9H3/t17-,18-,22+,23-/m1/s1. The molecule has 0 amide bonds. The normalized spacial score (nSPS) is 19.8. The summed E-state index contributed by atoms with van der Waals surface area (Å²) >= 11 is 0. The van der Waals surface area contributed by atoms with Crippen molar-refractivity contribution in [1.29, 1.82) is 0 Å². The van der Waals surface area contributed by atoms with Crippen LogP contribution in [0.5, 0.6) is 11.5 Å². The topological polar surface area (TPSA) is 49.5 Å². The van der Waals surface area contributed by atoms with Crippen LogP contribution in [0, 0.1) is 11.8 Å². The van der Waals surface area contributed by atoms with Crippen molar-refractivity contribution in [1.82, 2.24) is 0 Å². The molecule has 30 heavy (non-hydrogen) atoms. The van der Waals surface area contributed by atoms with Gasteiger partial charge in [-0.3, -0.25) is 0 Å². The molecule has 0 radical (unpaired) electrons. The molecular formula is C24H42O5Si. The molecule has 0 aromatic heterocycles. The lowest BCUT2D eigenvalue weighted by Gasteiger charge is -2.42. The van der Waals surface area contributed by atoms with Crippen LogP contribution >= 0.6 is 0 Å². The lowest BCUT2D eigenvalue weighted by atomic mass is 9.89. The molecule has 1 aromatic carbocycles. The second-order valence-corrected chi connectivity index (χ2v) is 14.8. The first kappa shape index (κ1) is 25.2. The molecule has 1 fully saturated rings. The number of epoxide rings is 1. The van der Waals surface area contributed by atoms with Crippen LogP contribution in [0.2, 0.25) is 18.1 Å². The molecule has 5 nitrogen and oxygen atoms in total. The Hall–Kier alpha value is -1.08. The number of rotatable bonds is 12. The van der Waals surface area contributed by atoms with Crippen LogP contribution in [0.15, 0.2) is 18.2 Å². The predicted octanol–water partition coefficient (Wildman–Crippen LogP) is 5.67. The van der Waals surface area contributed by atoms with Gasteiger partial charge in [-0.2, -0.15) is 0 Å². The third kappa shape index (κ3) is 6.71. The molecule has 0 saturated carbocycles. The van der Waals surface area contributed by atoms with Gasteiger partial charge in [0, 0.05) is 24.2 Å². The van der Waals surface area contributed by atoms with Gasteiger partial charge in [-0.1, -0.05) is 34.6 Å². The number of hydrogen-bond donors (Lipinski definition) is 0.